The molecule has 0 amide bonds. The molecule has 5 heteroatoms. The Bertz CT molecular complexity index is 936. The van der Waals surface area contributed by atoms with Crippen LogP contribution in [0.2, 0.25) is 5.02 Å². The molecule has 0 aliphatic carbocycles. The van der Waals surface area contributed by atoms with Crippen LogP contribution in [0.1, 0.15) is 17.0 Å². The van der Waals surface area contributed by atoms with E-state index in [4.69, 9.17) is 23.8 Å². The van der Waals surface area contributed by atoms with E-state index in [1.807, 2.05) is 72.8 Å². The molecule has 3 aromatic carbocycles. The van der Waals surface area contributed by atoms with Crippen LogP contribution in [-0.2, 0) is 0 Å². The molecule has 0 radical (unpaired) electrons. The minimum Gasteiger partial charge on any atom is -0.332 e. The molecular formula is C21H16ClN3S. The second kappa shape index (κ2) is 8.48. The third-order valence-corrected chi connectivity index (χ3v) is 4.39. The maximum atomic E-state index is 9.58. The molecule has 2 N–H and O–H groups in total. The van der Waals surface area contributed by atoms with Gasteiger partial charge in [0, 0.05) is 16.4 Å². The number of anilines is 2. The number of halogens is 1. The highest BCUT2D eigenvalue weighted by atomic mass is 35.5. The van der Waals surface area contributed by atoms with Crippen molar-refractivity contribution in [1.29, 1.82) is 5.26 Å². The molecule has 0 saturated heterocycles. The lowest BCUT2D eigenvalue weighted by atomic mass is 9.92. The lowest BCUT2D eigenvalue weighted by molar-refractivity contribution is 1.04. The Labute approximate surface area is 163 Å². The fraction of sp³-hybridized carbons (Fsp3) is 0.0476. The SMILES string of the molecule is N#C[C@H](c1ccccc1)c1ccc(NC(=S)Nc2ccccc2)cc1Cl. The summed E-state index contributed by atoms with van der Waals surface area (Å²) in [5, 5.41) is 16.8. The number of rotatable bonds is 4. The van der Waals surface area contributed by atoms with Crippen LogP contribution in [0.3, 0.4) is 0 Å². The van der Waals surface area contributed by atoms with Gasteiger partial charge in [-0.2, -0.15) is 5.26 Å². The van der Waals surface area contributed by atoms with E-state index in [0.717, 1.165) is 22.5 Å². The van der Waals surface area contributed by atoms with Gasteiger partial charge < -0.3 is 10.6 Å². The molecule has 0 aromatic heterocycles. The van der Waals surface area contributed by atoms with Gasteiger partial charge in [-0.25, -0.2) is 0 Å². The summed E-state index contributed by atoms with van der Waals surface area (Å²) in [6.07, 6.45) is 0. The minimum atomic E-state index is -0.410. The first-order valence-corrected chi connectivity index (χ1v) is 8.83. The summed E-state index contributed by atoms with van der Waals surface area (Å²) in [5.41, 5.74) is 3.35. The van der Waals surface area contributed by atoms with E-state index < -0.39 is 5.92 Å². The first kappa shape index (κ1) is 17.9. The lowest BCUT2D eigenvalue weighted by Crippen LogP contribution is -2.19. The van der Waals surface area contributed by atoms with Crippen molar-refractivity contribution in [2.45, 2.75) is 5.92 Å². The zero-order valence-corrected chi connectivity index (χ0v) is 15.4. The van der Waals surface area contributed by atoms with Gasteiger partial charge in [-0.15, -0.1) is 0 Å². The predicted octanol–water partition coefficient (Wildman–Crippen LogP) is 5.80. The molecule has 1 atom stereocenters. The average molecular weight is 378 g/mol. The van der Waals surface area contributed by atoms with Crippen molar-refractivity contribution < 1.29 is 0 Å². The van der Waals surface area contributed by atoms with E-state index in [2.05, 4.69) is 16.7 Å². The third kappa shape index (κ3) is 4.40. The van der Waals surface area contributed by atoms with Crippen molar-refractivity contribution in [3.05, 3.63) is 95.0 Å². The molecule has 0 bridgehead atoms. The van der Waals surface area contributed by atoms with E-state index in [9.17, 15) is 5.26 Å². The van der Waals surface area contributed by atoms with Gasteiger partial charge in [0.25, 0.3) is 0 Å². The smallest absolute Gasteiger partial charge is 0.175 e. The molecule has 3 rings (SSSR count). The van der Waals surface area contributed by atoms with Gasteiger partial charge in [-0.05, 0) is 47.6 Å². The molecule has 0 fully saturated rings. The van der Waals surface area contributed by atoms with Crippen LogP contribution in [0.25, 0.3) is 0 Å². The summed E-state index contributed by atoms with van der Waals surface area (Å²) in [4.78, 5) is 0. The highest BCUT2D eigenvalue weighted by Gasteiger charge is 2.16. The summed E-state index contributed by atoms with van der Waals surface area (Å²) in [6, 6.07) is 27.1. The summed E-state index contributed by atoms with van der Waals surface area (Å²) in [7, 11) is 0. The van der Waals surface area contributed by atoms with E-state index in [1.165, 1.54) is 0 Å². The van der Waals surface area contributed by atoms with Gasteiger partial charge in [0.15, 0.2) is 5.11 Å². The largest absolute Gasteiger partial charge is 0.332 e. The van der Waals surface area contributed by atoms with Gasteiger partial charge in [0.05, 0.1) is 12.0 Å². The fourth-order valence-electron chi connectivity index (χ4n) is 2.62. The maximum absolute atomic E-state index is 9.58. The van der Waals surface area contributed by atoms with Crippen molar-refractivity contribution in [1.82, 2.24) is 0 Å². The van der Waals surface area contributed by atoms with Crippen LogP contribution < -0.4 is 10.6 Å². The lowest BCUT2D eigenvalue weighted by Gasteiger charge is -2.15. The van der Waals surface area contributed by atoms with Crippen LogP contribution in [0, 0.1) is 11.3 Å². The second-order valence-corrected chi connectivity index (χ2v) is 6.47. The number of nitrogens with zero attached hydrogens (tertiary/aromatic N) is 1. The zero-order chi connectivity index (χ0) is 18.4. The van der Waals surface area contributed by atoms with Gasteiger partial charge in [-0.1, -0.05) is 66.2 Å². The van der Waals surface area contributed by atoms with Crippen molar-refractivity contribution >= 4 is 40.3 Å². The number of para-hydroxylation sites is 1. The van der Waals surface area contributed by atoms with Crippen molar-refractivity contribution in [2.24, 2.45) is 0 Å². The predicted molar refractivity (Wildman–Crippen MR) is 112 cm³/mol. The van der Waals surface area contributed by atoms with Gasteiger partial charge in [0.1, 0.15) is 0 Å². The summed E-state index contributed by atoms with van der Waals surface area (Å²) in [6.45, 7) is 0. The van der Waals surface area contributed by atoms with Gasteiger partial charge >= 0.3 is 0 Å². The van der Waals surface area contributed by atoms with Crippen LogP contribution in [0.4, 0.5) is 11.4 Å². The van der Waals surface area contributed by atoms with Crippen molar-refractivity contribution in [3.63, 3.8) is 0 Å². The normalized spacial score (nSPS) is 11.2. The standard InChI is InChI=1S/C21H16ClN3S/c22-20-13-17(25-21(26)24-16-9-5-2-6-10-16)11-12-18(20)19(14-23)15-7-3-1-4-8-15/h1-13,19H,(H2,24,25,26)/t19-/m1/s1. The van der Waals surface area contributed by atoms with Crippen LogP contribution in [0.15, 0.2) is 78.9 Å². The molecule has 0 unspecified atom stereocenters. The highest BCUT2D eigenvalue weighted by molar-refractivity contribution is 7.80. The van der Waals surface area contributed by atoms with Gasteiger partial charge in [-0.3, -0.25) is 0 Å². The molecule has 0 aliphatic heterocycles. The van der Waals surface area contributed by atoms with E-state index in [0.29, 0.717) is 10.1 Å². The van der Waals surface area contributed by atoms with Crippen LogP contribution in [-0.4, -0.2) is 5.11 Å². The molecule has 0 heterocycles. The molecule has 3 nitrogen and oxygen atoms in total. The molecule has 26 heavy (non-hydrogen) atoms. The second-order valence-electron chi connectivity index (χ2n) is 5.65. The Morgan fingerprint density at radius 2 is 1.50 bits per heavy atom. The summed E-state index contributed by atoms with van der Waals surface area (Å²) < 4.78 is 0. The molecular weight excluding hydrogens is 362 g/mol. The Kier molecular flexibility index (Phi) is 5.85. The number of benzene rings is 3. The Morgan fingerprint density at radius 3 is 2.12 bits per heavy atom. The number of nitriles is 1. The number of nitrogens with one attached hydrogen (secondary N) is 2. The summed E-state index contributed by atoms with van der Waals surface area (Å²) in [5.74, 6) is -0.410. The zero-order valence-electron chi connectivity index (χ0n) is 13.8. The minimum absolute atomic E-state index is 0.410. The molecule has 0 aliphatic rings. The Morgan fingerprint density at radius 1 is 0.885 bits per heavy atom. The quantitative estimate of drug-likeness (QED) is 0.564. The van der Waals surface area contributed by atoms with E-state index in [-0.39, 0.29) is 0 Å². The first-order chi connectivity index (χ1) is 12.7. The van der Waals surface area contributed by atoms with E-state index in [1.54, 1.807) is 6.07 Å². The molecule has 0 spiro atoms. The fourth-order valence-corrected chi connectivity index (χ4v) is 3.15. The Hall–Kier alpha value is -2.87. The average Bonchev–Trinajstić information content (AvgIpc) is 2.65. The first-order valence-electron chi connectivity index (χ1n) is 8.04. The highest BCUT2D eigenvalue weighted by Crippen LogP contribution is 2.31. The molecule has 3 aromatic rings. The van der Waals surface area contributed by atoms with Gasteiger partial charge in [0.2, 0.25) is 0 Å². The number of hydrogen-bond acceptors (Lipinski definition) is 2. The summed E-state index contributed by atoms with van der Waals surface area (Å²) >= 11 is 11.8. The monoisotopic (exact) mass is 377 g/mol. The topological polar surface area (TPSA) is 47.9 Å². The van der Waals surface area contributed by atoms with Crippen LogP contribution in [0.5, 0.6) is 0 Å². The molecule has 0 saturated carbocycles. The third-order valence-electron chi connectivity index (χ3n) is 3.86. The number of hydrogen-bond donors (Lipinski definition) is 2. The Balaban J connectivity index is 1.75. The van der Waals surface area contributed by atoms with Crippen molar-refractivity contribution in [3.8, 4) is 6.07 Å². The van der Waals surface area contributed by atoms with Crippen molar-refractivity contribution in [2.75, 3.05) is 10.6 Å². The van der Waals surface area contributed by atoms with Crippen LogP contribution >= 0.6 is 23.8 Å². The maximum Gasteiger partial charge on any atom is 0.175 e. The number of thiocarbonyl (C=S) groups is 1. The molecule has 128 valence electrons. The van der Waals surface area contributed by atoms with E-state index >= 15 is 0 Å².